The lowest BCUT2D eigenvalue weighted by Crippen LogP contribution is -2.31. The molecule has 1 aliphatic rings. The first-order valence-electron chi connectivity index (χ1n) is 7.10. The fraction of sp³-hybridized carbons (Fsp3) is 0.375. The topological polar surface area (TPSA) is 58.4 Å². The number of fused-ring (bicyclic) bond motifs is 1. The number of carbonyl (C=O) groups is 1. The van der Waals surface area contributed by atoms with Crippen LogP contribution in [0.3, 0.4) is 0 Å². The first-order valence-corrected chi connectivity index (χ1v) is 7.10. The summed E-state index contributed by atoms with van der Waals surface area (Å²) < 4.78 is 1.84. The van der Waals surface area contributed by atoms with E-state index in [4.69, 9.17) is 0 Å². The van der Waals surface area contributed by atoms with E-state index in [2.05, 4.69) is 16.2 Å². The van der Waals surface area contributed by atoms with E-state index in [1.54, 1.807) is 6.07 Å². The van der Waals surface area contributed by atoms with Gasteiger partial charge in [-0.05, 0) is 30.5 Å². The maximum Gasteiger partial charge on any atom is 0.335 e. The van der Waals surface area contributed by atoms with Crippen LogP contribution in [0.25, 0.3) is 0 Å². The Morgan fingerprint density at radius 2 is 2.24 bits per heavy atom. The van der Waals surface area contributed by atoms with Crippen LogP contribution in [0.15, 0.2) is 24.4 Å². The number of aromatic nitrogens is 2. The average molecular weight is 285 g/mol. The summed E-state index contributed by atoms with van der Waals surface area (Å²) in [6, 6.07) is 5.56. The van der Waals surface area contributed by atoms with Crippen molar-refractivity contribution in [1.82, 2.24) is 14.7 Å². The van der Waals surface area contributed by atoms with Gasteiger partial charge in [0.2, 0.25) is 0 Å². The first kappa shape index (κ1) is 13.8. The Balaban J connectivity index is 1.80. The average Bonchev–Trinajstić information content (AvgIpc) is 2.75. The van der Waals surface area contributed by atoms with Gasteiger partial charge in [0.05, 0.1) is 11.3 Å². The largest absolute Gasteiger partial charge is 0.478 e. The first-order chi connectivity index (χ1) is 10.0. The molecule has 1 aliphatic heterocycles. The summed E-state index contributed by atoms with van der Waals surface area (Å²) in [5, 5.41) is 13.6. The Kier molecular flexibility index (Phi) is 3.51. The molecule has 0 radical (unpaired) electrons. The third kappa shape index (κ3) is 2.69. The van der Waals surface area contributed by atoms with E-state index in [0.717, 1.165) is 42.9 Å². The van der Waals surface area contributed by atoms with E-state index < -0.39 is 5.97 Å². The van der Waals surface area contributed by atoms with E-state index in [9.17, 15) is 9.90 Å². The summed E-state index contributed by atoms with van der Waals surface area (Å²) in [7, 11) is 1.93. The van der Waals surface area contributed by atoms with Crippen LogP contribution < -0.4 is 0 Å². The van der Waals surface area contributed by atoms with Crippen molar-refractivity contribution in [1.29, 1.82) is 0 Å². The molecule has 0 unspecified atom stereocenters. The SMILES string of the molecule is Cc1nn(C)cc1CN1CCc2c(cccc2C(=O)O)C1. The highest BCUT2D eigenvalue weighted by Gasteiger charge is 2.21. The van der Waals surface area contributed by atoms with Gasteiger partial charge in [-0.25, -0.2) is 4.79 Å². The van der Waals surface area contributed by atoms with Crippen LogP contribution in [0.1, 0.15) is 32.7 Å². The van der Waals surface area contributed by atoms with E-state index in [0.29, 0.717) is 5.56 Å². The molecule has 3 rings (SSSR count). The zero-order valence-corrected chi connectivity index (χ0v) is 12.3. The van der Waals surface area contributed by atoms with Crippen LogP contribution in [0.4, 0.5) is 0 Å². The molecule has 0 atom stereocenters. The molecule has 1 N–H and O–H groups in total. The van der Waals surface area contributed by atoms with E-state index >= 15 is 0 Å². The molecule has 110 valence electrons. The van der Waals surface area contributed by atoms with Crippen LogP contribution in [0, 0.1) is 6.92 Å². The Morgan fingerprint density at radius 3 is 2.90 bits per heavy atom. The number of aryl methyl sites for hydroxylation is 2. The van der Waals surface area contributed by atoms with Crippen LogP contribution in [-0.2, 0) is 26.6 Å². The fourth-order valence-electron chi connectivity index (χ4n) is 3.05. The summed E-state index contributed by atoms with van der Waals surface area (Å²) in [5.41, 5.74) is 4.86. The van der Waals surface area contributed by atoms with Crippen molar-refractivity contribution in [3.05, 3.63) is 52.3 Å². The lowest BCUT2D eigenvalue weighted by molar-refractivity contribution is 0.0694. The van der Waals surface area contributed by atoms with Crippen LogP contribution in [0.2, 0.25) is 0 Å². The number of benzene rings is 1. The summed E-state index contributed by atoms with van der Waals surface area (Å²) in [6.45, 7) is 4.56. The molecule has 1 aromatic heterocycles. The molecule has 21 heavy (non-hydrogen) atoms. The van der Waals surface area contributed by atoms with Gasteiger partial charge in [0.25, 0.3) is 0 Å². The maximum atomic E-state index is 11.3. The van der Waals surface area contributed by atoms with Crippen LogP contribution in [-0.4, -0.2) is 32.3 Å². The van der Waals surface area contributed by atoms with Gasteiger partial charge in [-0.3, -0.25) is 9.58 Å². The van der Waals surface area contributed by atoms with E-state index in [1.807, 2.05) is 30.8 Å². The zero-order chi connectivity index (χ0) is 15.0. The lowest BCUT2D eigenvalue weighted by Gasteiger charge is -2.29. The highest BCUT2D eigenvalue weighted by atomic mass is 16.4. The molecular weight excluding hydrogens is 266 g/mol. The number of carboxylic acid groups (broad SMARTS) is 1. The predicted octanol–water partition coefficient (Wildman–Crippen LogP) is 1.99. The minimum atomic E-state index is -0.830. The Bertz CT molecular complexity index is 691. The molecule has 2 aromatic rings. The molecular formula is C16H19N3O2. The monoisotopic (exact) mass is 285 g/mol. The van der Waals surface area contributed by atoms with Crippen molar-refractivity contribution in [2.75, 3.05) is 6.54 Å². The number of carboxylic acids is 1. The molecule has 5 nitrogen and oxygen atoms in total. The summed E-state index contributed by atoms with van der Waals surface area (Å²) in [5.74, 6) is -0.830. The van der Waals surface area contributed by atoms with Crippen molar-refractivity contribution in [2.45, 2.75) is 26.4 Å². The van der Waals surface area contributed by atoms with Gasteiger partial charge in [-0.1, -0.05) is 12.1 Å². The fourth-order valence-corrected chi connectivity index (χ4v) is 3.05. The molecule has 1 aromatic carbocycles. The Hall–Kier alpha value is -2.14. The molecule has 0 saturated heterocycles. The number of nitrogens with zero attached hydrogens (tertiary/aromatic N) is 3. The molecule has 0 spiro atoms. The van der Waals surface area contributed by atoms with Gasteiger partial charge >= 0.3 is 5.97 Å². The quantitative estimate of drug-likeness (QED) is 0.937. The van der Waals surface area contributed by atoms with Crippen LogP contribution >= 0.6 is 0 Å². The van der Waals surface area contributed by atoms with Gasteiger partial charge in [-0.2, -0.15) is 5.10 Å². The highest BCUT2D eigenvalue weighted by molar-refractivity contribution is 5.89. The summed E-state index contributed by atoms with van der Waals surface area (Å²) in [6.07, 6.45) is 2.84. The second kappa shape index (κ2) is 5.33. The number of aromatic carboxylic acids is 1. The van der Waals surface area contributed by atoms with Gasteiger partial charge in [-0.15, -0.1) is 0 Å². The van der Waals surface area contributed by atoms with Crippen LogP contribution in [0.5, 0.6) is 0 Å². The number of hydrogen-bond donors (Lipinski definition) is 1. The molecule has 0 bridgehead atoms. The normalized spacial score (nSPS) is 15.0. The molecule has 0 amide bonds. The minimum Gasteiger partial charge on any atom is -0.478 e. The highest BCUT2D eigenvalue weighted by Crippen LogP contribution is 2.24. The zero-order valence-electron chi connectivity index (χ0n) is 12.3. The maximum absolute atomic E-state index is 11.3. The van der Waals surface area contributed by atoms with Gasteiger partial charge in [0.15, 0.2) is 0 Å². The van der Waals surface area contributed by atoms with Crippen molar-refractivity contribution < 1.29 is 9.90 Å². The molecule has 0 saturated carbocycles. The minimum absolute atomic E-state index is 0.449. The van der Waals surface area contributed by atoms with Crippen molar-refractivity contribution in [3.63, 3.8) is 0 Å². The third-order valence-electron chi connectivity index (χ3n) is 4.08. The molecule has 2 heterocycles. The van der Waals surface area contributed by atoms with E-state index in [-0.39, 0.29) is 0 Å². The molecule has 0 fully saturated rings. The molecule has 5 heteroatoms. The predicted molar refractivity (Wildman–Crippen MR) is 79.2 cm³/mol. The summed E-state index contributed by atoms with van der Waals surface area (Å²) >= 11 is 0. The number of rotatable bonds is 3. The van der Waals surface area contributed by atoms with Crippen molar-refractivity contribution >= 4 is 5.97 Å². The molecule has 0 aliphatic carbocycles. The van der Waals surface area contributed by atoms with Gasteiger partial charge in [0.1, 0.15) is 0 Å². The summed E-state index contributed by atoms with van der Waals surface area (Å²) in [4.78, 5) is 13.6. The van der Waals surface area contributed by atoms with Gasteiger partial charge < -0.3 is 5.11 Å². The third-order valence-corrected chi connectivity index (χ3v) is 4.08. The van der Waals surface area contributed by atoms with E-state index in [1.165, 1.54) is 5.56 Å². The lowest BCUT2D eigenvalue weighted by atomic mass is 9.94. The number of hydrogen-bond acceptors (Lipinski definition) is 3. The van der Waals surface area contributed by atoms with Crippen molar-refractivity contribution in [3.8, 4) is 0 Å². The Morgan fingerprint density at radius 1 is 1.43 bits per heavy atom. The smallest absolute Gasteiger partial charge is 0.335 e. The van der Waals surface area contributed by atoms with Crippen molar-refractivity contribution in [2.24, 2.45) is 7.05 Å². The Labute approximate surface area is 123 Å². The second-order valence-electron chi connectivity index (χ2n) is 5.62. The standard InChI is InChI=1S/C16H19N3O2/c1-11-13(8-18(2)17-11)10-19-7-6-14-12(9-19)4-3-5-15(14)16(20)21/h3-5,8H,6-7,9-10H2,1-2H3,(H,20,21). The second-order valence-corrected chi connectivity index (χ2v) is 5.62. The van der Waals surface area contributed by atoms with Gasteiger partial charge in [0, 0.05) is 38.4 Å².